The molecule has 3 aliphatic rings. The van der Waals surface area contributed by atoms with Gasteiger partial charge in [-0.3, -0.25) is 0 Å². The van der Waals surface area contributed by atoms with Crippen molar-refractivity contribution in [3.05, 3.63) is 53.7 Å². The van der Waals surface area contributed by atoms with Gasteiger partial charge in [0, 0.05) is 43.4 Å². The van der Waals surface area contributed by atoms with Gasteiger partial charge in [-0.15, -0.1) is 0 Å². The summed E-state index contributed by atoms with van der Waals surface area (Å²) in [5, 5.41) is 5.59. The van der Waals surface area contributed by atoms with Crippen molar-refractivity contribution in [3.63, 3.8) is 0 Å². The smallest absolute Gasteiger partial charge is 0.417 e. The van der Waals surface area contributed by atoms with Gasteiger partial charge in [0.25, 0.3) is 0 Å². The van der Waals surface area contributed by atoms with Crippen molar-refractivity contribution in [2.24, 2.45) is 0 Å². The number of aromatic nitrogens is 1. The summed E-state index contributed by atoms with van der Waals surface area (Å²) in [6, 6.07) is 11.3. The minimum atomic E-state index is -4.47. The van der Waals surface area contributed by atoms with Gasteiger partial charge in [0.15, 0.2) is 5.58 Å². The van der Waals surface area contributed by atoms with Crippen molar-refractivity contribution in [2.75, 3.05) is 41.8 Å². The molecular formula is C29H29F3N4O2. The lowest BCUT2D eigenvalue weighted by molar-refractivity contribution is -0.137. The lowest BCUT2D eigenvalue weighted by atomic mass is 9.76. The van der Waals surface area contributed by atoms with Crippen LogP contribution in [0.2, 0.25) is 0 Å². The van der Waals surface area contributed by atoms with Crippen molar-refractivity contribution >= 4 is 39.1 Å². The third-order valence-corrected chi connectivity index (χ3v) is 8.78. The predicted octanol–water partition coefficient (Wildman–Crippen LogP) is 6.92. The predicted molar refractivity (Wildman–Crippen MR) is 142 cm³/mol. The van der Waals surface area contributed by atoms with E-state index in [0.29, 0.717) is 23.7 Å². The first-order valence-corrected chi connectivity index (χ1v) is 13.1. The molecule has 1 saturated heterocycles. The van der Waals surface area contributed by atoms with E-state index in [-0.39, 0.29) is 0 Å². The molecule has 1 spiro atoms. The number of fused-ring (bicyclic) bond motifs is 6. The van der Waals surface area contributed by atoms with Gasteiger partial charge in [0.1, 0.15) is 17.2 Å². The molecule has 7 rings (SSSR count). The van der Waals surface area contributed by atoms with E-state index in [9.17, 15) is 13.2 Å². The highest BCUT2D eigenvalue weighted by atomic mass is 19.4. The van der Waals surface area contributed by atoms with E-state index in [2.05, 4.69) is 21.3 Å². The molecule has 4 aromatic rings. The van der Waals surface area contributed by atoms with Crippen LogP contribution in [0.3, 0.4) is 0 Å². The van der Waals surface area contributed by atoms with E-state index in [1.165, 1.54) is 12.5 Å². The maximum atomic E-state index is 13.6. The number of rotatable bonds is 1. The van der Waals surface area contributed by atoms with E-state index in [1.807, 2.05) is 50.1 Å². The minimum absolute atomic E-state index is 0.360. The highest BCUT2D eigenvalue weighted by Crippen LogP contribution is 2.56. The van der Waals surface area contributed by atoms with Gasteiger partial charge in [-0.1, -0.05) is 18.2 Å². The van der Waals surface area contributed by atoms with Gasteiger partial charge in [0.05, 0.1) is 34.3 Å². The minimum Gasteiger partial charge on any atom is -0.463 e. The van der Waals surface area contributed by atoms with Crippen LogP contribution >= 0.6 is 0 Å². The topological polar surface area (TPSA) is 53.8 Å². The number of benzene rings is 2. The van der Waals surface area contributed by atoms with Crippen LogP contribution in [0.25, 0.3) is 21.9 Å². The molecule has 2 aromatic carbocycles. The van der Waals surface area contributed by atoms with Crippen molar-refractivity contribution in [1.29, 1.82) is 0 Å². The highest BCUT2D eigenvalue weighted by molar-refractivity contribution is 6.16. The molecule has 198 valence electrons. The number of furan rings is 1. The van der Waals surface area contributed by atoms with E-state index in [4.69, 9.17) is 9.15 Å². The Morgan fingerprint density at radius 3 is 2.58 bits per heavy atom. The molecule has 5 heterocycles. The summed E-state index contributed by atoms with van der Waals surface area (Å²) in [6.45, 7) is 6.09. The van der Waals surface area contributed by atoms with Crippen molar-refractivity contribution in [3.8, 4) is 5.75 Å². The zero-order valence-corrected chi connectivity index (χ0v) is 21.6. The van der Waals surface area contributed by atoms with Crippen molar-refractivity contribution in [2.45, 2.75) is 50.4 Å². The summed E-state index contributed by atoms with van der Waals surface area (Å²) in [5.74, 6) is 1.17. The Morgan fingerprint density at radius 2 is 1.82 bits per heavy atom. The third-order valence-electron chi connectivity index (χ3n) is 8.78. The fourth-order valence-electron chi connectivity index (χ4n) is 6.59. The molecule has 0 amide bonds. The van der Waals surface area contributed by atoms with E-state index >= 15 is 0 Å². The number of ether oxygens (including phenoxy) is 1. The number of alkyl halides is 3. The number of nitrogens with one attached hydrogen (secondary N) is 1. The SMILES string of the molecule is CN1c2ncc(C(F)(F)F)cc2C(C)(C)C12CNc1c(cc(N3CCCCC3)c3oc4ccccc4c13)O2. The number of hydrogen-bond acceptors (Lipinski definition) is 6. The van der Waals surface area contributed by atoms with Gasteiger partial charge in [0.2, 0.25) is 5.72 Å². The molecule has 9 heteroatoms. The second kappa shape index (κ2) is 7.71. The molecule has 1 unspecified atom stereocenters. The second-order valence-electron chi connectivity index (χ2n) is 11.1. The van der Waals surface area contributed by atoms with Gasteiger partial charge >= 0.3 is 6.18 Å². The van der Waals surface area contributed by atoms with Gasteiger partial charge in [-0.05, 0) is 45.2 Å². The molecule has 0 aliphatic carbocycles. The van der Waals surface area contributed by atoms with Gasteiger partial charge in [-0.2, -0.15) is 13.2 Å². The average molecular weight is 523 g/mol. The number of nitrogens with zero attached hydrogens (tertiary/aromatic N) is 3. The Hall–Kier alpha value is -3.62. The molecule has 1 fully saturated rings. The molecule has 38 heavy (non-hydrogen) atoms. The van der Waals surface area contributed by atoms with Crippen LogP contribution in [0.4, 0.5) is 30.4 Å². The normalized spacial score (nSPS) is 22.5. The lowest BCUT2D eigenvalue weighted by Gasteiger charge is -2.48. The Balaban J connectivity index is 1.41. The average Bonchev–Trinajstić information content (AvgIpc) is 3.37. The molecular weight excluding hydrogens is 493 g/mol. The Kier molecular flexibility index (Phi) is 4.77. The van der Waals surface area contributed by atoms with E-state index in [1.54, 1.807) is 0 Å². The number of anilines is 3. The number of likely N-dealkylation sites (N-methyl/N-ethyl adjacent to an activating group) is 1. The van der Waals surface area contributed by atoms with Crippen LogP contribution in [-0.2, 0) is 11.6 Å². The molecule has 2 aromatic heterocycles. The fraction of sp³-hybridized carbons (Fsp3) is 0.414. The monoisotopic (exact) mass is 522 g/mol. The first-order valence-electron chi connectivity index (χ1n) is 13.1. The number of pyridine rings is 1. The zero-order valence-electron chi connectivity index (χ0n) is 21.6. The standard InChI is InChI=1S/C29H29F3N4O2/c1-27(2)19-13-17(29(30,31)32)15-33-26(19)35(3)28(27)16-34-24-22(38-28)14-20(36-11-7-4-8-12-36)25-23(24)18-9-5-6-10-21(18)37-25/h5-6,9-10,13-15,34H,4,7-8,11-12,16H2,1-3H3. The highest BCUT2D eigenvalue weighted by Gasteiger charge is 2.61. The lowest BCUT2D eigenvalue weighted by Crippen LogP contribution is -2.64. The van der Waals surface area contributed by atoms with Crippen LogP contribution in [0.15, 0.2) is 47.0 Å². The maximum absolute atomic E-state index is 13.6. The van der Waals surface area contributed by atoms with Gasteiger partial charge in [-0.25, -0.2) is 4.98 Å². The number of hydrogen-bond donors (Lipinski definition) is 1. The Morgan fingerprint density at radius 1 is 1.05 bits per heavy atom. The third kappa shape index (κ3) is 3.04. The van der Waals surface area contributed by atoms with Crippen LogP contribution < -0.4 is 19.9 Å². The summed E-state index contributed by atoms with van der Waals surface area (Å²) in [7, 11) is 1.85. The van der Waals surface area contributed by atoms with Crippen molar-refractivity contribution in [1.82, 2.24) is 4.98 Å². The van der Waals surface area contributed by atoms with Crippen LogP contribution in [0.1, 0.15) is 44.2 Å². The summed E-state index contributed by atoms with van der Waals surface area (Å²) in [4.78, 5) is 8.50. The summed E-state index contributed by atoms with van der Waals surface area (Å²) >= 11 is 0. The fourth-order valence-corrected chi connectivity index (χ4v) is 6.59. The van der Waals surface area contributed by atoms with E-state index < -0.39 is 22.9 Å². The van der Waals surface area contributed by atoms with Crippen LogP contribution in [0, 0.1) is 0 Å². The first-order chi connectivity index (χ1) is 18.1. The number of halogens is 3. The Bertz CT molecular complexity index is 1590. The molecule has 0 radical (unpaired) electrons. The zero-order chi connectivity index (χ0) is 26.4. The summed E-state index contributed by atoms with van der Waals surface area (Å²) in [5.41, 5.74) is 1.47. The van der Waals surface area contributed by atoms with Crippen LogP contribution in [-0.4, -0.2) is 37.4 Å². The van der Waals surface area contributed by atoms with Crippen molar-refractivity contribution < 1.29 is 22.3 Å². The second-order valence-corrected chi connectivity index (χ2v) is 11.1. The molecule has 1 N–H and O–H groups in total. The molecule has 0 saturated carbocycles. The number of piperidine rings is 1. The van der Waals surface area contributed by atoms with Crippen LogP contribution in [0.5, 0.6) is 5.75 Å². The molecule has 6 nitrogen and oxygen atoms in total. The molecule has 3 aliphatic heterocycles. The Labute approximate surface area is 218 Å². The van der Waals surface area contributed by atoms with E-state index in [0.717, 1.165) is 65.4 Å². The maximum Gasteiger partial charge on any atom is 0.417 e. The summed E-state index contributed by atoms with van der Waals surface area (Å²) < 4.78 is 54.1. The summed E-state index contributed by atoms with van der Waals surface area (Å²) in [6.07, 6.45) is -0.136. The van der Waals surface area contributed by atoms with Gasteiger partial charge < -0.3 is 24.3 Å². The largest absolute Gasteiger partial charge is 0.463 e. The molecule has 0 bridgehead atoms. The quantitative estimate of drug-likeness (QED) is 0.293. The number of para-hydroxylation sites is 1. The molecule has 1 atom stereocenters. The first kappa shape index (κ1) is 23.5.